The zero-order chi connectivity index (χ0) is 20.9. The summed E-state index contributed by atoms with van der Waals surface area (Å²) in [4.78, 5) is 17.3. The molecule has 3 aromatic rings. The molecule has 1 aliphatic heterocycles. The average Bonchev–Trinajstić information content (AvgIpc) is 3.08. The first kappa shape index (κ1) is 20.7. The third-order valence-corrected chi connectivity index (χ3v) is 5.87. The van der Waals surface area contributed by atoms with Crippen molar-refractivity contribution in [3.8, 4) is 5.75 Å². The second-order valence-corrected chi connectivity index (χ2v) is 8.83. The SMILES string of the molecule is O=C1NC(=Nc2ccc(Cl)cc2)S/C1=C\c1cccc(OCc2ccc(Br)cc2)c1. The topological polar surface area (TPSA) is 50.7 Å². The molecule has 150 valence electrons. The van der Waals surface area contributed by atoms with Crippen molar-refractivity contribution in [3.63, 3.8) is 0 Å². The number of aliphatic imine (C=N–C) groups is 1. The third-order valence-electron chi connectivity index (χ3n) is 4.18. The van der Waals surface area contributed by atoms with E-state index in [1.807, 2.05) is 54.6 Å². The lowest BCUT2D eigenvalue weighted by Gasteiger charge is -2.07. The highest BCUT2D eigenvalue weighted by molar-refractivity contribution is 9.10. The molecule has 1 N–H and O–H groups in total. The molecule has 0 spiro atoms. The maximum absolute atomic E-state index is 12.3. The quantitative estimate of drug-likeness (QED) is 0.404. The fourth-order valence-electron chi connectivity index (χ4n) is 2.71. The summed E-state index contributed by atoms with van der Waals surface area (Å²) in [6.07, 6.45) is 1.83. The number of rotatable bonds is 5. The lowest BCUT2D eigenvalue weighted by molar-refractivity contribution is -0.115. The molecular weight excluding hydrogens is 484 g/mol. The van der Waals surface area contributed by atoms with Gasteiger partial charge in [0, 0.05) is 9.50 Å². The van der Waals surface area contributed by atoms with Gasteiger partial charge in [-0.3, -0.25) is 4.79 Å². The van der Waals surface area contributed by atoms with Gasteiger partial charge in [0.2, 0.25) is 0 Å². The van der Waals surface area contributed by atoms with E-state index in [0.717, 1.165) is 27.0 Å². The largest absolute Gasteiger partial charge is 0.489 e. The number of nitrogens with zero attached hydrogens (tertiary/aromatic N) is 1. The van der Waals surface area contributed by atoms with Gasteiger partial charge in [0.15, 0.2) is 5.17 Å². The number of ether oxygens (including phenoxy) is 1. The van der Waals surface area contributed by atoms with Crippen molar-refractivity contribution >= 4 is 62.1 Å². The molecule has 3 aromatic carbocycles. The number of thioether (sulfide) groups is 1. The van der Waals surface area contributed by atoms with Crippen LogP contribution in [0, 0.1) is 0 Å². The summed E-state index contributed by atoms with van der Waals surface area (Å²) in [7, 11) is 0. The first-order valence-electron chi connectivity index (χ1n) is 9.08. The van der Waals surface area contributed by atoms with Gasteiger partial charge in [-0.05, 0) is 77.5 Å². The van der Waals surface area contributed by atoms with E-state index in [4.69, 9.17) is 16.3 Å². The molecule has 1 heterocycles. The van der Waals surface area contributed by atoms with E-state index < -0.39 is 0 Å². The Morgan fingerprint density at radius 1 is 1.07 bits per heavy atom. The smallest absolute Gasteiger partial charge is 0.264 e. The van der Waals surface area contributed by atoms with Crippen molar-refractivity contribution in [2.24, 2.45) is 4.99 Å². The number of carbonyl (C=O) groups is 1. The first-order chi connectivity index (χ1) is 14.5. The lowest BCUT2D eigenvalue weighted by Crippen LogP contribution is -2.19. The second-order valence-electron chi connectivity index (χ2n) is 6.45. The van der Waals surface area contributed by atoms with Crippen LogP contribution in [0.2, 0.25) is 5.02 Å². The summed E-state index contributed by atoms with van der Waals surface area (Å²) >= 11 is 10.6. The summed E-state index contributed by atoms with van der Waals surface area (Å²) in [5, 5.41) is 3.97. The molecule has 0 radical (unpaired) electrons. The molecule has 30 heavy (non-hydrogen) atoms. The van der Waals surface area contributed by atoms with Gasteiger partial charge in [0.1, 0.15) is 12.4 Å². The number of hydrogen-bond acceptors (Lipinski definition) is 4. The number of amidine groups is 1. The number of halogens is 2. The van der Waals surface area contributed by atoms with Crippen LogP contribution in [0.25, 0.3) is 6.08 Å². The van der Waals surface area contributed by atoms with Crippen LogP contribution in [0.15, 0.2) is 87.2 Å². The van der Waals surface area contributed by atoms with Crippen LogP contribution in [-0.2, 0) is 11.4 Å². The molecule has 0 aromatic heterocycles. The van der Waals surface area contributed by atoms with Gasteiger partial charge >= 0.3 is 0 Å². The number of nitrogens with one attached hydrogen (secondary N) is 1. The Bertz CT molecular complexity index is 1130. The van der Waals surface area contributed by atoms with Crippen LogP contribution in [0.5, 0.6) is 5.75 Å². The van der Waals surface area contributed by atoms with Gasteiger partial charge in [-0.15, -0.1) is 0 Å². The van der Waals surface area contributed by atoms with Crippen molar-refractivity contribution < 1.29 is 9.53 Å². The van der Waals surface area contributed by atoms with E-state index in [1.165, 1.54) is 11.8 Å². The summed E-state index contributed by atoms with van der Waals surface area (Å²) < 4.78 is 6.92. The van der Waals surface area contributed by atoms with Crippen molar-refractivity contribution in [1.82, 2.24) is 5.32 Å². The predicted octanol–water partition coefficient (Wildman–Crippen LogP) is 6.57. The van der Waals surface area contributed by atoms with Gasteiger partial charge in [0.05, 0.1) is 10.6 Å². The minimum absolute atomic E-state index is 0.172. The molecule has 4 rings (SSSR count). The van der Waals surface area contributed by atoms with Crippen molar-refractivity contribution in [2.45, 2.75) is 6.61 Å². The molecule has 1 fully saturated rings. The maximum atomic E-state index is 12.3. The summed E-state index contributed by atoms with van der Waals surface area (Å²) in [6.45, 7) is 0.473. The summed E-state index contributed by atoms with van der Waals surface area (Å²) in [5.41, 5.74) is 2.69. The lowest BCUT2D eigenvalue weighted by atomic mass is 10.2. The van der Waals surface area contributed by atoms with Crippen LogP contribution in [0.3, 0.4) is 0 Å². The molecule has 0 atom stereocenters. The van der Waals surface area contributed by atoms with Crippen LogP contribution in [-0.4, -0.2) is 11.1 Å². The van der Waals surface area contributed by atoms with Gasteiger partial charge in [-0.1, -0.05) is 51.8 Å². The monoisotopic (exact) mass is 498 g/mol. The Kier molecular flexibility index (Phi) is 6.57. The number of benzene rings is 3. The zero-order valence-electron chi connectivity index (χ0n) is 15.6. The minimum Gasteiger partial charge on any atom is -0.489 e. The molecular formula is C23H16BrClN2O2S. The molecule has 0 bridgehead atoms. The number of hydrogen-bond donors (Lipinski definition) is 1. The van der Waals surface area contributed by atoms with Crippen molar-refractivity contribution in [1.29, 1.82) is 0 Å². The zero-order valence-corrected chi connectivity index (χ0v) is 18.8. The van der Waals surface area contributed by atoms with Gasteiger partial charge in [0.25, 0.3) is 5.91 Å². The van der Waals surface area contributed by atoms with E-state index in [2.05, 4.69) is 26.2 Å². The van der Waals surface area contributed by atoms with E-state index in [-0.39, 0.29) is 5.91 Å². The molecule has 1 amide bonds. The average molecular weight is 500 g/mol. The van der Waals surface area contributed by atoms with Gasteiger partial charge < -0.3 is 10.1 Å². The van der Waals surface area contributed by atoms with Crippen LogP contribution in [0.4, 0.5) is 5.69 Å². The van der Waals surface area contributed by atoms with Crippen LogP contribution >= 0.6 is 39.3 Å². The van der Waals surface area contributed by atoms with Crippen LogP contribution < -0.4 is 10.1 Å². The van der Waals surface area contributed by atoms with Gasteiger partial charge in [-0.25, -0.2) is 4.99 Å². The van der Waals surface area contributed by atoms with Crippen molar-refractivity contribution in [2.75, 3.05) is 0 Å². The maximum Gasteiger partial charge on any atom is 0.264 e. The molecule has 4 nitrogen and oxygen atoms in total. The molecule has 1 saturated heterocycles. The molecule has 0 unspecified atom stereocenters. The Morgan fingerprint density at radius 2 is 1.83 bits per heavy atom. The van der Waals surface area contributed by atoms with E-state index in [9.17, 15) is 4.79 Å². The second kappa shape index (κ2) is 9.51. The highest BCUT2D eigenvalue weighted by Crippen LogP contribution is 2.29. The molecule has 0 saturated carbocycles. The first-order valence-corrected chi connectivity index (χ1v) is 11.1. The molecule has 7 heteroatoms. The normalized spacial score (nSPS) is 16.1. The fourth-order valence-corrected chi connectivity index (χ4v) is 3.94. The molecule has 1 aliphatic rings. The Morgan fingerprint density at radius 3 is 2.60 bits per heavy atom. The fraction of sp³-hybridized carbons (Fsp3) is 0.0435. The predicted molar refractivity (Wildman–Crippen MR) is 127 cm³/mol. The van der Waals surface area contributed by atoms with Gasteiger partial charge in [-0.2, -0.15) is 0 Å². The highest BCUT2D eigenvalue weighted by atomic mass is 79.9. The standard InChI is InChI=1S/C23H16BrClN2O2S/c24-17-6-4-15(5-7-17)14-29-20-3-1-2-16(12-20)13-21-22(28)27-23(30-21)26-19-10-8-18(25)9-11-19/h1-13H,14H2,(H,26,27,28)/b21-13-. The van der Waals surface area contributed by atoms with E-state index >= 15 is 0 Å². The van der Waals surface area contributed by atoms with E-state index in [0.29, 0.717) is 21.7 Å². The Hall–Kier alpha value is -2.54. The summed E-state index contributed by atoms with van der Waals surface area (Å²) in [6, 6.07) is 22.8. The molecule has 0 aliphatic carbocycles. The van der Waals surface area contributed by atoms with E-state index in [1.54, 1.807) is 24.3 Å². The minimum atomic E-state index is -0.172. The Labute approximate surface area is 192 Å². The summed E-state index contributed by atoms with van der Waals surface area (Å²) in [5.74, 6) is 0.569. The van der Waals surface area contributed by atoms with Crippen molar-refractivity contribution in [3.05, 3.63) is 98.3 Å². The highest BCUT2D eigenvalue weighted by Gasteiger charge is 2.23. The Balaban J connectivity index is 1.45. The number of carbonyl (C=O) groups excluding carboxylic acids is 1. The third kappa shape index (κ3) is 5.53. The number of amides is 1. The van der Waals surface area contributed by atoms with Crippen LogP contribution in [0.1, 0.15) is 11.1 Å².